The van der Waals surface area contributed by atoms with E-state index in [1.54, 1.807) is 24.4 Å². The van der Waals surface area contributed by atoms with Crippen LogP contribution in [0.4, 0.5) is 0 Å². The lowest BCUT2D eigenvalue weighted by atomic mass is 10.1. The Morgan fingerprint density at radius 3 is 2.96 bits per heavy atom. The van der Waals surface area contributed by atoms with Gasteiger partial charge in [-0.05, 0) is 18.9 Å². The first kappa shape index (κ1) is 19.0. The molecule has 0 aromatic carbocycles. The van der Waals surface area contributed by atoms with E-state index in [1.165, 1.54) is 11.3 Å². The highest BCUT2D eigenvalue weighted by Crippen LogP contribution is 2.25. The summed E-state index contributed by atoms with van der Waals surface area (Å²) in [6.45, 7) is 2.92. The second kappa shape index (κ2) is 8.76. The number of pyridine rings is 1. The predicted molar refractivity (Wildman–Crippen MR) is 105 cm³/mol. The Morgan fingerprint density at radius 2 is 2.21 bits per heavy atom. The monoisotopic (exact) mass is 401 g/mol. The number of fused-ring (bicyclic) bond motifs is 1. The number of ether oxygens (including phenoxy) is 2. The molecule has 4 heterocycles. The summed E-state index contributed by atoms with van der Waals surface area (Å²) in [6.07, 6.45) is 7.11. The van der Waals surface area contributed by atoms with Gasteiger partial charge in [-0.15, -0.1) is 11.3 Å². The van der Waals surface area contributed by atoms with Crippen molar-refractivity contribution in [3.8, 4) is 0 Å². The number of methoxy groups -OCH3 is 1. The minimum Gasteiger partial charge on any atom is -0.383 e. The maximum atomic E-state index is 13.1. The van der Waals surface area contributed by atoms with Crippen molar-refractivity contribution < 1.29 is 14.3 Å². The van der Waals surface area contributed by atoms with E-state index in [0.29, 0.717) is 31.3 Å². The van der Waals surface area contributed by atoms with Crippen LogP contribution >= 0.6 is 11.3 Å². The van der Waals surface area contributed by atoms with Gasteiger partial charge < -0.3 is 18.9 Å². The Hall–Kier alpha value is -2.36. The summed E-state index contributed by atoms with van der Waals surface area (Å²) in [5, 5.41) is 2.80. The summed E-state index contributed by atoms with van der Waals surface area (Å²) in [7, 11) is 1.63. The summed E-state index contributed by atoms with van der Waals surface area (Å²) >= 11 is 1.53. The highest BCUT2D eigenvalue weighted by atomic mass is 32.1. The van der Waals surface area contributed by atoms with Crippen molar-refractivity contribution in [3.05, 3.63) is 40.7 Å². The van der Waals surface area contributed by atoms with E-state index in [2.05, 4.69) is 19.5 Å². The summed E-state index contributed by atoms with van der Waals surface area (Å²) < 4.78 is 12.7. The fraction of sp³-hybridized carbons (Fsp3) is 0.474. The average molecular weight is 401 g/mol. The van der Waals surface area contributed by atoms with Crippen LogP contribution in [0.2, 0.25) is 0 Å². The minimum atomic E-state index is -0.0951. The molecule has 3 aromatic heterocycles. The number of carbonyl (C=O) groups is 1. The molecule has 4 rings (SSSR count). The van der Waals surface area contributed by atoms with E-state index in [0.717, 1.165) is 42.2 Å². The van der Waals surface area contributed by atoms with Crippen molar-refractivity contribution in [2.45, 2.75) is 25.4 Å². The zero-order valence-electron chi connectivity index (χ0n) is 15.8. The Balaban J connectivity index is 1.56. The van der Waals surface area contributed by atoms with Gasteiger partial charge in [0.15, 0.2) is 5.65 Å². The van der Waals surface area contributed by atoms with Crippen LogP contribution < -0.4 is 0 Å². The zero-order chi connectivity index (χ0) is 19.3. The molecule has 0 N–H and O–H groups in total. The molecule has 0 unspecified atom stereocenters. The maximum Gasteiger partial charge on any atom is 0.255 e. The smallest absolute Gasteiger partial charge is 0.255 e. The summed E-state index contributed by atoms with van der Waals surface area (Å²) in [6, 6.07) is 2.17. The Labute approximate surface area is 167 Å². The van der Waals surface area contributed by atoms with Gasteiger partial charge in [0, 0.05) is 50.7 Å². The fourth-order valence-corrected chi connectivity index (χ4v) is 4.03. The fourth-order valence-electron chi connectivity index (χ4n) is 3.40. The third-order valence-electron chi connectivity index (χ3n) is 4.91. The molecule has 0 aliphatic carbocycles. The number of rotatable bonds is 7. The molecular weight excluding hydrogens is 378 g/mol. The average Bonchev–Trinajstić information content (AvgIpc) is 3.40. The molecule has 0 spiro atoms. The lowest BCUT2D eigenvalue weighted by Gasteiger charge is -2.23. The summed E-state index contributed by atoms with van der Waals surface area (Å²) in [5.74, 6) is -0.0951. The molecule has 1 amide bonds. The number of nitrogens with zero attached hydrogens (tertiary/aromatic N) is 5. The number of imidazole rings is 1. The van der Waals surface area contributed by atoms with Crippen molar-refractivity contribution in [3.63, 3.8) is 0 Å². The maximum absolute atomic E-state index is 13.1. The van der Waals surface area contributed by atoms with Crippen LogP contribution in [0.3, 0.4) is 0 Å². The molecule has 1 aliphatic rings. The van der Waals surface area contributed by atoms with Gasteiger partial charge in [-0.1, -0.05) is 0 Å². The molecule has 3 aromatic rings. The second-order valence-electron chi connectivity index (χ2n) is 6.71. The largest absolute Gasteiger partial charge is 0.383 e. The molecule has 1 saturated heterocycles. The Kier molecular flexibility index (Phi) is 5.94. The first-order valence-electron chi connectivity index (χ1n) is 9.33. The van der Waals surface area contributed by atoms with Gasteiger partial charge in [0.1, 0.15) is 10.5 Å². The van der Waals surface area contributed by atoms with Crippen molar-refractivity contribution in [2.75, 3.05) is 33.5 Å². The molecule has 28 heavy (non-hydrogen) atoms. The number of aromatic nitrogens is 4. The normalized spacial score (nSPS) is 15.2. The highest BCUT2D eigenvalue weighted by molar-refractivity contribution is 7.09. The molecule has 8 nitrogen and oxygen atoms in total. The quantitative estimate of drug-likeness (QED) is 0.605. The third kappa shape index (κ3) is 4.06. The van der Waals surface area contributed by atoms with Gasteiger partial charge in [0.2, 0.25) is 0 Å². The van der Waals surface area contributed by atoms with Crippen molar-refractivity contribution in [1.82, 2.24) is 24.4 Å². The molecule has 9 heteroatoms. The molecule has 1 fully saturated rings. The standard InChI is InChI=1S/C19H23N5O3S/c1-26-8-5-23(12-17-20-4-9-28-17)19(25)14-10-16-18(21-11-14)24(13-22-16)15-2-6-27-7-3-15/h4,9-11,13,15H,2-3,5-8,12H2,1H3. The molecular formula is C19H23N5O3S. The summed E-state index contributed by atoms with van der Waals surface area (Å²) in [4.78, 5) is 28.2. The number of carbonyl (C=O) groups excluding carboxylic acids is 1. The minimum absolute atomic E-state index is 0.0951. The van der Waals surface area contributed by atoms with Crippen molar-refractivity contribution in [1.29, 1.82) is 0 Å². The van der Waals surface area contributed by atoms with Gasteiger partial charge in [-0.3, -0.25) is 4.79 Å². The lowest BCUT2D eigenvalue weighted by Crippen LogP contribution is -2.33. The van der Waals surface area contributed by atoms with Crippen LogP contribution in [0.15, 0.2) is 30.2 Å². The van der Waals surface area contributed by atoms with Crippen LogP contribution in [0.1, 0.15) is 34.2 Å². The van der Waals surface area contributed by atoms with Crippen LogP contribution in [0, 0.1) is 0 Å². The molecule has 0 saturated carbocycles. The van der Waals surface area contributed by atoms with E-state index >= 15 is 0 Å². The van der Waals surface area contributed by atoms with Crippen LogP contribution in [-0.4, -0.2) is 63.8 Å². The topological polar surface area (TPSA) is 82.4 Å². The van der Waals surface area contributed by atoms with Crippen LogP contribution in [0.5, 0.6) is 0 Å². The molecule has 0 bridgehead atoms. The van der Waals surface area contributed by atoms with Gasteiger partial charge in [-0.2, -0.15) is 0 Å². The van der Waals surface area contributed by atoms with Crippen LogP contribution in [-0.2, 0) is 16.0 Å². The highest BCUT2D eigenvalue weighted by Gasteiger charge is 2.21. The molecule has 0 radical (unpaired) electrons. The number of hydrogen-bond acceptors (Lipinski definition) is 7. The first-order chi connectivity index (χ1) is 13.8. The molecule has 148 valence electrons. The third-order valence-corrected chi connectivity index (χ3v) is 5.67. The van der Waals surface area contributed by atoms with Gasteiger partial charge in [0.05, 0.1) is 25.0 Å². The van der Waals surface area contributed by atoms with Gasteiger partial charge >= 0.3 is 0 Å². The SMILES string of the molecule is COCCN(Cc1nccs1)C(=O)c1cnc2c(c1)ncn2C1CCOCC1. The Morgan fingerprint density at radius 1 is 1.36 bits per heavy atom. The predicted octanol–water partition coefficient (Wildman–Crippen LogP) is 2.53. The van der Waals surface area contributed by atoms with Gasteiger partial charge in [0.25, 0.3) is 5.91 Å². The van der Waals surface area contributed by atoms with E-state index in [9.17, 15) is 4.79 Å². The second-order valence-corrected chi connectivity index (χ2v) is 7.69. The van der Waals surface area contributed by atoms with E-state index in [1.807, 2.05) is 17.8 Å². The van der Waals surface area contributed by atoms with Crippen molar-refractivity contribution >= 4 is 28.4 Å². The molecule has 0 atom stereocenters. The summed E-state index contributed by atoms with van der Waals surface area (Å²) in [5.41, 5.74) is 2.07. The zero-order valence-corrected chi connectivity index (χ0v) is 16.6. The van der Waals surface area contributed by atoms with E-state index in [-0.39, 0.29) is 5.91 Å². The molecule has 1 aliphatic heterocycles. The lowest BCUT2D eigenvalue weighted by molar-refractivity contribution is 0.0680. The van der Waals surface area contributed by atoms with Gasteiger partial charge in [-0.25, -0.2) is 15.0 Å². The number of thiazole rings is 1. The first-order valence-corrected chi connectivity index (χ1v) is 10.2. The Bertz CT molecular complexity index is 921. The van der Waals surface area contributed by atoms with E-state index in [4.69, 9.17) is 9.47 Å². The van der Waals surface area contributed by atoms with Crippen LogP contribution in [0.25, 0.3) is 11.2 Å². The van der Waals surface area contributed by atoms with E-state index < -0.39 is 0 Å². The number of hydrogen-bond donors (Lipinski definition) is 0. The van der Waals surface area contributed by atoms with Crippen molar-refractivity contribution in [2.24, 2.45) is 0 Å². The number of amides is 1.